The third-order valence-corrected chi connectivity index (χ3v) is 2.05. The number of methoxy groups -OCH3 is 1. The predicted octanol–water partition coefficient (Wildman–Crippen LogP) is 1.84. The topological polar surface area (TPSA) is 35.2 Å². The highest BCUT2D eigenvalue weighted by molar-refractivity contribution is 5.37. The van der Waals surface area contributed by atoms with E-state index in [1.54, 1.807) is 24.3 Å². The Labute approximate surface area is 77.5 Å². The van der Waals surface area contributed by atoms with Gasteiger partial charge in [-0.05, 0) is 13.0 Å². The van der Waals surface area contributed by atoms with E-state index in [0.717, 1.165) is 0 Å². The fourth-order valence-electron chi connectivity index (χ4n) is 1.19. The Bertz CT molecular complexity index is 286. The van der Waals surface area contributed by atoms with Crippen LogP contribution in [0.15, 0.2) is 24.3 Å². The van der Waals surface area contributed by atoms with E-state index in [4.69, 9.17) is 10.5 Å². The highest BCUT2D eigenvalue weighted by Crippen LogP contribution is 2.31. The molecule has 0 aliphatic carbocycles. The van der Waals surface area contributed by atoms with Gasteiger partial charge in [-0.25, -0.2) is 4.39 Å². The molecule has 2 nitrogen and oxygen atoms in total. The summed E-state index contributed by atoms with van der Waals surface area (Å²) in [7, 11) is 1.52. The first kappa shape index (κ1) is 9.99. The lowest BCUT2D eigenvalue weighted by Crippen LogP contribution is -2.27. The number of halogens is 1. The summed E-state index contributed by atoms with van der Waals surface area (Å²) in [4.78, 5) is 0. The Kier molecular flexibility index (Phi) is 2.88. The van der Waals surface area contributed by atoms with Crippen molar-refractivity contribution >= 4 is 0 Å². The first-order valence-electron chi connectivity index (χ1n) is 4.14. The second-order valence-electron chi connectivity index (χ2n) is 3.10. The number of rotatable bonds is 3. The molecule has 0 aliphatic heterocycles. The van der Waals surface area contributed by atoms with Crippen LogP contribution in [0.3, 0.4) is 0 Å². The zero-order valence-electron chi connectivity index (χ0n) is 7.88. The number of nitrogens with two attached hydrogens (primary N) is 1. The lowest BCUT2D eigenvalue weighted by Gasteiger charge is -2.20. The Morgan fingerprint density at radius 3 is 2.62 bits per heavy atom. The average molecular weight is 183 g/mol. The third-order valence-electron chi connectivity index (χ3n) is 2.05. The van der Waals surface area contributed by atoms with Gasteiger partial charge in [-0.1, -0.05) is 18.2 Å². The molecule has 0 bridgehead atoms. The number of hydrogen-bond donors (Lipinski definition) is 1. The van der Waals surface area contributed by atoms with Gasteiger partial charge in [0.25, 0.3) is 0 Å². The van der Waals surface area contributed by atoms with E-state index >= 15 is 0 Å². The summed E-state index contributed by atoms with van der Waals surface area (Å²) in [5.74, 6) is 0.540. The molecule has 0 radical (unpaired) electrons. The van der Waals surface area contributed by atoms with Crippen molar-refractivity contribution in [2.24, 2.45) is 5.73 Å². The molecule has 0 aromatic heterocycles. The third kappa shape index (κ3) is 1.98. The highest BCUT2D eigenvalue weighted by atomic mass is 19.1. The molecule has 0 heterocycles. The van der Waals surface area contributed by atoms with Crippen molar-refractivity contribution in [1.29, 1.82) is 0 Å². The molecule has 1 unspecified atom stereocenters. The van der Waals surface area contributed by atoms with Gasteiger partial charge in [0.15, 0.2) is 0 Å². The van der Waals surface area contributed by atoms with Crippen molar-refractivity contribution in [3.63, 3.8) is 0 Å². The van der Waals surface area contributed by atoms with Gasteiger partial charge in [-0.2, -0.15) is 0 Å². The summed E-state index contributed by atoms with van der Waals surface area (Å²) in [6.45, 7) is 1.40. The Morgan fingerprint density at radius 2 is 2.08 bits per heavy atom. The highest BCUT2D eigenvalue weighted by Gasteiger charge is 2.26. The molecular weight excluding hydrogens is 169 g/mol. The van der Waals surface area contributed by atoms with Gasteiger partial charge in [0, 0.05) is 12.1 Å². The normalized spacial score (nSPS) is 15.1. The predicted molar refractivity (Wildman–Crippen MR) is 50.5 cm³/mol. The second-order valence-corrected chi connectivity index (χ2v) is 3.10. The molecule has 1 aromatic rings. The Balaban J connectivity index is 3.12. The first-order chi connectivity index (χ1) is 6.11. The van der Waals surface area contributed by atoms with Crippen LogP contribution in [0.5, 0.6) is 5.75 Å². The van der Waals surface area contributed by atoms with Gasteiger partial charge in [0.2, 0.25) is 0 Å². The summed E-state index contributed by atoms with van der Waals surface area (Å²) >= 11 is 0. The van der Waals surface area contributed by atoms with E-state index in [2.05, 4.69) is 0 Å². The van der Waals surface area contributed by atoms with Crippen molar-refractivity contribution in [2.75, 3.05) is 13.7 Å². The van der Waals surface area contributed by atoms with Crippen molar-refractivity contribution in [1.82, 2.24) is 0 Å². The molecule has 3 heteroatoms. The minimum absolute atomic E-state index is 0.0482. The van der Waals surface area contributed by atoms with E-state index < -0.39 is 5.67 Å². The fraction of sp³-hybridized carbons (Fsp3) is 0.400. The van der Waals surface area contributed by atoms with Crippen LogP contribution >= 0.6 is 0 Å². The van der Waals surface area contributed by atoms with Gasteiger partial charge in [0.1, 0.15) is 11.4 Å². The molecule has 1 atom stereocenters. The summed E-state index contributed by atoms with van der Waals surface area (Å²) < 4.78 is 18.8. The monoisotopic (exact) mass is 183 g/mol. The van der Waals surface area contributed by atoms with Gasteiger partial charge in [0.05, 0.1) is 7.11 Å². The molecule has 0 saturated heterocycles. The molecule has 1 rings (SSSR count). The van der Waals surface area contributed by atoms with Gasteiger partial charge in [-0.3, -0.25) is 0 Å². The summed E-state index contributed by atoms with van der Waals surface area (Å²) in [5, 5.41) is 0. The maximum atomic E-state index is 13.8. The molecule has 13 heavy (non-hydrogen) atoms. The fourth-order valence-corrected chi connectivity index (χ4v) is 1.19. The quantitative estimate of drug-likeness (QED) is 0.776. The first-order valence-corrected chi connectivity index (χ1v) is 4.14. The zero-order chi connectivity index (χ0) is 9.90. The summed E-state index contributed by atoms with van der Waals surface area (Å²) in [5.41, 5.74) is 4.31. The lowest BCUT2D eigenvalue weighted by molar-refractivity contribution is 0.196. The van der Waals surface area contributed by atoms with Crippen LogP contribution in [0.4, 0.5) is 4.39 Å². The van der Waals surface area contributed by atoms with Crippen LogP contribution in [-0.4, -0.2) is 13.7 Å². The molecule has 0 fully saturated rings. The van der Waals surface area contributed by atoms with Crippen LogP contribution in [0.1, 0.15) is 12.5 Å². The number of alkyl halides is 1. The molecule has 2 N–H and O–H groups in total. The molecular formula is C10H14FNO. The molecule has 0 aliphatic rings. The van der Waals surface area contributed by atoms with Gasteiger partial charge in [-0.15, -0.1) is 0 Å². The van der Waals surface area contributed by atoms with Crippen LogP contribution < -0.4 is 10.5 Å². The standard InChI is InChI=1S/C10H14FNO/c1-10(11,7-12)8-5-3-4-6-9(8)13-2/h3-6H,7,12H2,1-2H3. The van der Waals surface area contributed by atoms with E-state index in [0.29, 0.717) is 11.3 Å². The molecule has 1 aromatic carbocycles. The molecule has 72 valence electrons. The van der Waals surface area contributed by atoms with Crippen LogP contribution in [0.2, 0.25) is 0 Å². The van der Waals surface area contributed by atoms with Crippen LogP contribution in [0, 0.1) is 0 Å². The number of ether oxygens (including phenoxy) is 1. The zero-order valence-corrected chi connectivity index (χ0v) is 7.88. The van der Waals surface area contributed by atoms with Crippen molar-refractivity contribution in [2.45, 2.75) is 12.6 Å². The number of hydrogen-bond acceptors (Lipinski definition) is 2. The van der Waals surface area contributed by atoms with Crippen molar-refractivity contribution < 1.29 is 9.13 Å². The lowest BCUT2D eigenvalue weighted by atomic mass is 9.97. The smallest absolute Gasteiger partial charge is 0.148 e. The van der Waals surface area contributed by atoms with Crippen molar-refractivity contribution in [3.8, 4) is 5.75 Å². The molecule has 0 saturated carbocycles. The SMILES string of the molecule is COc1ccccc1C(C)(F)CN. The average Bonchev–Trinajstić information content (AvgIpc) is 2.18. The largest absolute Gasteiger partial charge is 0.496 e. The molecule has 0 spiro atoms. The molecule has 0 amide bonds. The van der Waals surface area contributed by atoms with Crippen molar-refractivity contribution in [3.05, 3.63) is 29.8 Å². The minimum Gasteiger partial charge on any atom is -0.496 e. The number of para-hydroxylation sites is 1. The number of benzene rings is 1. The van der Waals surface area contributed by atoms with E-state index in [-0.39, 0.29) is 6.54 Å². The maximum Gasteiger partial charge on any atom is 0.148 e. The van der Waals surface area contributed by atoms with Crippen LogP contribution in [-0.2, 0) is 5.67 Å². The van der Waals surface area contributed by atoms with E-state index in [1.807, 2.05) is 0 Å². The second kappa shape index (κ2) is 3.75. The Morgan fingerprint density at radius 1 is 1.46 bits per heavy atom. The van der Waals surface area contributed by atoms with Gasteiger partial charge >= 0.3 is 0 Å². The summed E-state index contributed by atoms with van der Waals surface area (Å²) in [6.07, 6.45) is 0. The van der Waals surface area contributed by atoms with Gasteiger partial charge < -0.3 is 10.5 Å². The van der Waals surface area contributed by atoms with E-state index in [1.165, 1.54) is 14.0 Å². The van der Waals surface area contributed by atoms with E-state index in [9.17, 15) is 4.39 Å². The van der Waals surface area contributed by atoms with Crippen LogP contribution in [0.25, 0.3) is 0 Å². The summed E-state index contributed by atoms with van der Waals surface area (Å²) in [6, 6.07) is 6.98. The minimum atomic E-state index is -1.52. The maximum absolute atomic E-state index is 13.8. The Hall–Kier alpha value is -1.09.